The van der Waals surface area contributed by atoms with Crippen LogP contribution in [0.2, 0.25) is 0 Å². The number of benzene rings is 1. The number of hydrogen-bond acceptors (Lipinski definition) is 5. The molecule has 0 radical (unpaired) electrons. The fourth-order valence-electron chi connectivity index (χ4n) is 2.19. The van der Waals surface area contributed by atoms with Gasteiger partial charge in [-0.3, -0.25) is 14.4 Å². The Bertz CT molecular complexity index is 826. The second kappa shape index (κ2) is 7.92. The monoisotopic (exact) mass is 345 g/mol. The van der Waals surface area contributed by atoms with E-state index < -0.39 is 5.97 Å². The average molecular weight is 345 g/mol. The molecule has 0 saturated carbocycles. The Morgan fingerprint density at radius 2 is 2.00 bits per heavy atom. The number of aryl methyl sites for hydroxylation is 1. The summed E-state index contributed by atoms with van der Waals surface area (Å²) in [5.41, 5.74) is 0.00350. The van der Waals surface area contributed by atoms with Crippen molar-refractivity contribution in [1.29, 1.82) is 0 Å². The van der Waals surface area contributed by atoms with Gasteiger partial charge in [0.15, 0.2) is 6.61 Å². The molecule has 1 heterocycles. The van der Waals surface area contributed by atoms with E-state index in [1.54, 1.807) is 24.3 Å². The van der Waals surface area contributed by atoms with Crippen molar-refractivity contribution >= 4 is 22.8 Å². The number of rotatable bonds is 7. The Morgan fingerprint density at radius 1 is 1.28 bits per heavy atom. The highest BCUT2D eigenvalue weighted by Gasteiger charge is 2.18. The third kappa shape index (κ3) is 5.41. The normalized spacial score (nSPS) is 11.3. The zero-order valence-corrected chi connectivity index (χ0v) is 14.7. The molecule has 25 heavy (non-hydrogen) atoms. The molecule has 1 aromatic carbocycles. The molecule has 2 N–H and O–H groups in total. The first-order chi connectivity index (χ1) is 11.8. The maximum Gasteiger partial charge on any atom is 0.306 e. The standard InChI is InChI=1S/C18H23N3O4/c1-4-18(2,3)21-15(22)11-25-16(23)10-9-14-19-13-8-6-5-7-12(13)17(24)20-14/h5-8H,4,9-11H2,1-3H3,(H,21,22)(H,19,20,24). The summed E-state index contributed by atoms with van der Waals surface area (Å²) in [7, 11) is 0. The summed E-state index contributed by atoms with van der Waals surface area (Å²) in [5, 5.41) is 3.29. The van der Waals surface area contributed by atoms with Crippen molar-refractivity contribution in [3.8, 4) is 0 Å². The first kappa shape index (κ1) is 18.6. The van der Waals surface area contributed by atoms with E-state index in [2.05, 4.69) is 15.3 Å². The van der Waals surface area contributed by atoms with E-state index in [-0.39, 0.29) is 36.5 Å². The van der Waals surface area contributed by atoms with Gasteiger partial charge in [-0.05, 0) is 32.4 Å². The molecule has 0 saturated heterocycles. The minimum Gasteiger partial charge on any atom is -0.456 e. The van der Waals surface area contributed by atoms with Gasteiger partial charge in [0.05, 0.1) is 17.3 Å². The van der Waals surface area contributed by atoms with Crippen LogP contribution < -0.4 is 10.9 Å². The number of para-hydroxylation sites is 1. The number of nitrogens with zero attached hydrogens (tertiary/aromatic N) is 1. The van der Waals surface area contributed by atoms with Crippen molar-refractivity contribution in [1.82, 2.24) is 15.3 Å². The highest BCUT2D eigenvalue weighted by Crippen LogP contribution is 2.08. The number of aromatic amines is 1. The van der Waals surface area contributed by atoms with Gasteiger partial charge in [-0.25, -0.2) is 4.98 Å². The smallest absolute Gasteiger partial charge is 0.306 e. The van der Waals surface area contributed by atoms with Gasteiger partial charge in [0.1, 0.15) is 5.82 Å². The van der Waals surface area contributed by atoms with Gasteiger partial charge in [-0.1, -0.05) is 19.1 Å². The largest absolute Gasteiger partial charge is 0.456 e. The van der Waals surface area contributed by atoms with Gasteiger partial charge >= 0.3 is 5.97 Å². The van der Waals surface area contributed by atoms with Crippen molar-refractivity contribution in [3.05, 3.63) is 40.4 Å². The minimum atomic E-state index is -0.514. The number of esters is 1. The minimum absolute atomic E-state index is 0.0335. The number of carbonyl (C=O) groups excluding carboxylic acids is 2. The van der Waals surface area contributed by atoms with Gasteiger partial charge in [-0.2, -0.15) is 0 Å². The zero-order valence-electron chi connectivity index (χ0n) is 14.7. The predicted octanol–water partition coefficient (Wildman–Crippen LogP) is 1.70. The molecule has 2 aromatic rings. The van der Waals surface area contributed by atoms with Crippen molar-refractivity contribution in [2.24, 2.45) is 0 Å². The molecule has 0 bridgehead atoms. The number of aromatic nitrogens is 2. The van der Waals surface area contributed by atoms with Crippen molar-refractivity contribution in [2.75, 3.05) is 6.61 Å². The maximum atomic E-state index is 12.0. The van der Waals surface area contributed by atoms with Gasteiger partial charge < -0.3 is 15.0 Å². The molecular weight excluding hydrogens is 322 g/mol. The molecule has 2 rings (SSSR count). The number of amides is 1. The van der Waals surface area contributed by atoms with Crippen LogP contribution in [0.15, 0.2) is 29.1 Å². The fourth-order valence-corrected chi connectivity index (χ4v) is 2.19. The van der Waals surface area contributed by atoms with E-state index in [1.807, 2.05) is 20.8 Å². The van der Waals surface area contributed by atoms with Crippen LogP contribution in [-0.4, -0.2) is 34.0 Å². The maximum absolute atomic E-state index is 12.0. The van der Waals surface area contributed by atoms with Crippen LogP contribution in [0.25, 0.3) is 10.9 Å². The number of ether oxygens (including phenoxy) is 1. The average Bonchev–Trinajstić information content (AvgIpc) is 2.58. The first-order valence-electron chi connectivity index (χ1n) is 8.25. The molecule has 1 amide bonds. The van der Waals surface area contributed by atoms with Gasteiger partial charge in [0.25, 0.3) is 11.5 Å². The van der Waals surface area contributed by atoms with Gasteiger partial charge in [0, 0.05) is 12.0 Å². The number of nitrogens with one attached hydrogen (secondary N) is 2. The van der Waals surface area contributed by atoms with Crippen LogP contribution in [0, 0.1) is 0 Å². The number of H-pyrrole nitrogens is 1. The van der Waals surface area contributed by atoms with Gasteiger partial charge in [-0.15, -0.1) is 0 Å². The Balaban J connectivity index is 1.86. The second-order valence-electron chi connectivity index (χ2n) is 6.48. The Labute approximate surface area is 145 Å². The molecule has 0 spiro atoms. The van der Waals surface area contributed by atoms with Crippen LogP contribution >= 0.6 is 0 Å². The lowest BCUT2D eigenvalue weighted by Crippen LogP contribution is -2.44. The second-order valence-corrected chi connectivity index (χ2v) is 6.48. The highest BCUT2D eigenvalue weighted by molar-refractivity contribution is 5.81. The lowest BCUT2D eigenvalue weighted by Gasteiger charge is -2.24. The summed E-state index contributed by atoms with van der Waals surface area (Å²) in [6, 6.07) is 6.99. The first-order valence-corrected chi connectivity index (χ1v) is 8.25. The number of carbonyl (C=O) groups is 2. The van der Waals surface area contributed by atoms with Crippen LogP contribution in [0.5, 0.6) is 0 Å². The number of hydrogen-bond donors (Lipinski definition) is 2. The van der Waals surface area contributed by atoms with Crippen molar-refractivity contribution in [3.63, 3.8) is 0 Å². The van der Waals surface area contributed by atoms with Crippen LogP contribution in [0.4, 0.5) is 0 Å². The summed E-state index contributed by atoms with van der Waals surface area (Å²) < 4.78 is 4.96. The van der Waals surface area contributed by atoms with E-state index in [0.717, 1.165) is 6.42 Å². The van der Waals surface area contributed by atoms with Crippen molar-refractivity contribution in [2.45, 2.75) is 45.6 Å². The molecule has 7 heteroatoms. The molecule has 1 aromatic heterocycles. The Hall–Kier alpha value is -2.70. The van der Waals surface area contributed by atoms with E-state index >= 15 is 0 Å². The van der Waals surface area contributed by atoms with E-state index in [4.69, 9.17) is 4.74 Å². The number of fused-ring (bicyclic) bond motifs is 1. The summed E-state index contributed by atoms with van der Waals surface area (Å²) in [5.74, 6) is -0.435. The molecule has 7 nitrogen and oxygen atoms in total. The Morgan fingerprint density at radius 3 is 2.72 bits per heavy atom. The molecule has 0 aliphatic rings. The third-order valence-corrected chi connectivity index (χ3v) is 3.95. The zero-order chi connectivity index (χ0) is 18.4. The molecule has 0 aliphatic heterocycles. The Kier molecular flexibility index (Phi) is 5.90. The van der Waals surface area contributed by atoms with E-state index in [9.17, 15) is 14.4 Å². The van der Waals surface area contributed by atoms with Crippen molar-refractivity contribution < 1.29 is 14.3 Å². The summed E-state index contributed by atoms with van der Waals surface area (Å²) in [6.45, 7) is 5.44. The van der Waals surface area contributed by atoms with E-state index in [0.29, 0.717) is 16.7 Å². The van der Waals surface area contributed by atoms with Gasteiger partial charge in [0.2, 0.25) is 0 Å². The van der Waals surface area contributed by atoms with Crippen LogP contribution in [0.1, 0.15) is 39.4 Å². The van der Waals surface area contributed by atoms with E-state index in [1.165, 1.54) is 0 Å². The molecule has 0 fully saturated rings. The molecule has 0 unspecified atom stereocenters. The SMILES string of the molecule is CCC(C)(C)NC(=O)COC(=O)CCc1nc2ccccc2c(=O)[nH]1. The summed E-state index contributed by atoms with van der Waals surface area (Å²) in [6.07, 6.45) is 1.04. The molecule has 134 valence electrons. The van der Waals surface area contributed by atoms with Crippen LogP contribution in [-0.2, 0) is 20.7 Å². The summed E-state index contributed by atoms with van der Waals surface area (Å²) in [4.78, 5) is 42.5. The van der Waals surface area contributed by atoms with Crippen LogP contribution in [0.3, 0.4) is 0 Å². The lowest BCUT2D eigenvalue weighted by atomic mass is 10.0. The predicted molar refractivity (Wildman–Crippen MR) is 94.2 cm³/mol. The molecule has 0 aliphatic carbocycles. The molecular formula is C18H23N3O4. The topological polar surface area (TPSA) is 101 Å². The summed E-state index contributed by atoms with van der Waals surface area (Å²) >= 11 is 0. The highest BCUT2D eigenvalue weighted by atomic mass is 16.5. The third-order valence-electron chi connectivity index (χ3n) is 3.95. The quantitative estimate of drug-likeness (QED) is 0.744. The molecule has 0 atom stereocenters. The lowest BCUT2D eigenvalue weighted by molar-refractivity contribution is -0.149. The fraction of sp³-hybridized carbons (Fsp3) is 0.444.